The van der Waals surface area contributed by atoms with Gasteiger partial charge in [-0.15, -0.1) is 0 Å². The van der Waals surface area contributed by atoms with Gasteiger partial charge < -0.3 is 29.3 Å². The van der Waals surface area contributed by atoms with Gasteiger partial charge in [0.25, 0.3) is 10.1 Å². The third-order valence-corrected chi connectivity index (χ3v) is 4.24. The van der Waals surface area contributed by atoms with Crippen LogP contribution in [0.15, 0.2) is 47.4 Å². The normalized spacial score (nSPS) is 9.59. The quantitative estimate of drug-likeness (QED) is 0.241. The fraction of sp³-hybridized carbons (Fsp3) is 0.111. The number of carbonyl (C=O) groups is 4. The summed E-state index contributed by atoms with van der Waals surface area (Å²) in [4.78, 5) is 42.5. The van der Waals surface area contributed by atoms with Gasteiger partial charge in [0.05, 0.1) is 42.2 Å². The van der Waals surface area contributed by atoms with Gasteiger partial charge in [-0.3, -0.25) is 4.55 Å². The second kappa shape index (κ2) is 14.4. The Labute approximate surface area is 227 Å². The number of carboxylic acids is 2. The van der Waals surface area contributed by atoms with E-state index < -0.39 is 50.0 Å². The fourth-order valence-electron chi connectivity index (χ4n) is 2.04. The molecule has 2 aromatic rings. The number of aromatic carboxylic acids is 2. The van der Waals surface area contributed by atoms with Crippen molar-refractivity contribution in [1.29, 1.82) is 0 Å². The van der Waals surface area contributed by atoms with Crippen LogP contribution >= 0.6 is 0 Å². The molecule has 0 fully saturated rings. The molecule has 0 spiro atoms. The molecule has 1 N–H and O–H groups in total. The number of hydrogen-bond acceptors (Lipinski definition) is 10. The zero-order valence-corrected chi connectivity index (χ0v) is 22.3. The third-order valence-electron chi connectivity index (χ3n) is 3.41. The summed E-state index contributed by atoms with van der Waals surface area (Å²) in [7, 11) is -2.18. The molecule has 0 aliphatic carbocycles. The van der Waals surface area contributed by atoms with Crippen molar-refractivity contribution in [3.8, 4) is 0 Å². The molecular weight excluding hydrogens is 470 g/mol. The largest absolute Gasteiger partial charge is 1.00 e. The summed E-state index contributed by atoms with van der Waals surface area (Å²) in [6.07, 6.45) is 0. The van der Waals surface area contributed by atoms with Crippen LogP contribution in [0.4, 0.5) is 0 Å². The Balaban J connectivity index is 0. The zero-order chi connectivity index (χ0) is 23.1. The topological polar surface area (TPSA) is 187 Å². The Hall–Kier alpha value is -1.77. The molecule has 0 heterocycles. The summed E-state index contributed by atoms with van der Waals surface area (Å²) in [6.45, 7) is 0. The average molecular weight is 484 g/mol. The van der Waals surface area contributed by atoms with Crippen molar-refractivity contribution in [3.05, 3.63) is 64.7 Å². The minimum absolute atomic E-state index is 0. The summed E-state index contributed by atoms with van der Waals surface area (Å²) >= 11 is 0. The van der Waals surface area contributed by atoms with Crippen LogP contribution in [-0.2, 0) is 19.6 Å². The summed E-state index contributed by atoms with van der Waals surface area (Å²) in [6, 6.07) is 8.15. The summed E-state index contributed by atoms with van der Waals surface area (Å²) in [5, 5.41) is 20.9. The van der Waals surface area contributed by atoms with E-state index in [1.165, 1.54) is 26.4 Å². The molecule has 0 radical (unpaired) electrons. The Bertz CT molecular complexity index is 1030. The maximum Gasteiger partial charge on any atom is 1.00 e. The number of methoxy groups -OCH3 is 2. The molecule has 2 aromatic carbocycles. The van der Waals surface area contributed by atoms with Crippen molar-refractivity contribution in [3.63, 3.8) is 0 Å². The molecule has 0 saturated heterocycles. The van der Waals surface area contributed by atoms with Gasteiger partial charge in [0.1, 0.15) is 0 Å². The zero-order valence-electron chi connectivity index (χ0n) is 17.5. The number of benzene rings is 2. The van der Waals surface area contributed by atoms with Crippen LogP contribution in [0, 0.1) is 0 Å². The molecule has 0 aliphatic heterocycles. The predicted octanol–water partition coefficient (Wildman–Crippen LogP) is -7.07. The number of carbonyl (C=O) groups excluding carboxylic acids is 4. The Morgan fingerprint density at radius 3 is 1.38 bits per heavy atom. The number of ether oxygens (including phenoxy) is 2. The van der Waals surface area contributed by atoms with Gasteiger partial charge in [-0.05, 0) is 41.5 Å². The minimum atomic E-state index is -4.70. The van der Waals surface area contributed by atoms with E-state index in [9.17, 15) is 37.8 Å². The number of carboxylic acid groups (broad SMARTS) is 2. The van der Waals surface area contributed by atoms with E-state index >= 15 is 0 Å². The first kappa shape index (κ1) is 32.4. The molecule has 0 saturated carbocycles. The van der Waals surface area contributed by atoms with Gasteiger partial charge in [0.2, 0.25) is 0 Å². The van der Waals surface area contributed by atoms with Crippen molar-refractivity contribution in [2.75, 3.05) is 14.2 Å². The predicted molar refractivity (Wildman–Crippen MR) is 94.0 cm³/mol. The molecule has 32 heavy (non-hydrogen) atoms. The first-order valence-electron chi connectivity index (χ1n) is 7.73. The molecule has 0 unspecified atom stereocenters. The van der Waals surface area contributed by atoms with Crippen LogP contribution in [0.5, 0.6) is 0 Å². The van der Waals surface area contributed by atoms with Crippen LogP contribution in [0.3, 0.4) is 0 Å². The van der Waals surface area contributed by atoms with Crippen molar-refractivity contribution < 1.29 is 111 Å². The minimum Gasteiger partial charge on any atom is -0.545 e. The summed E-state index contributed by atoms with van der Waals surface area (Å²) in [5.74, 6) is -4.64. The molecular formula is C18H14Na2O11S. The van der Waals surface area contributed by atoms with Crippen LogP contribution in [0.1, 0.15) is 41.4 Å². The smallest absolute Gasteiger partial charge is 0.545 e. The molecule has 0 aromatic heterocycles. The first-order valence-corrected chi connectivity index (χ1v) is 9.17. The molecule has 160 valence electrons. The van der Waals surface area contributed by atoms with E-state index in [4.69, 9.17) is 4.55 Å². The van der Waals surface area contributed by atoms with E-state index in [0.29, 0.717) is 18.2 Å². The van der Waals surface area contributed by atoms with Crippen LogP contribution < -0.4 is 69.3 Å². The second-order valence-electron chi connectivity index (χ2n) is 5.32. The maximum absolute atomic E-state index is 11.2. The van der Waals surface area contributed by atoms with Gasteiger partial charge in [0.15, 0.2) is 0 Å². The SMILES string of the molecule is COC(=O)c1ccccc1C(=O)OC.O=C([O-])c1cc(C(=O)[O-])cc(S(=O)(=O)O)c1.[Na+].[Na+]. The summed E-state index contributed by atoms with van der Waals surface area (Å²) in [5.41, 5.74) is -0.952. The fourth-order valence-corrected chi connectivity index (χ4v) is 2.59. The van der Waals surface area contributed by atoms with Crippen LogP contribution in [-0.4, -0.2) is 51.1 Å². The first-order chi connectivity index (χ1) is 13.9. The molecule has 11 nitrogen and oxygen atoms in total. The van der Waals surface area contributed by atoms with Gasteiger partial charge in [-0.25, -0.2) is 9.59 Å². The summed E-state index contributed by atoms with van der Waals surface area (Å²) < 4.78 is 39.1. The maximum atomic E-state index is 11.2. The van der Waals surface area contributed by atoms with E-state index in [1.54, 1.807) is 12.1 Å². The monoisotopic (exact) mass is 484 g/mol. The third kappa shape index (κ3) is 9.38. The van der Waals surface area contributed by atoms with Gasteiger partial charge in [-0.2, -0.15) is 8.42 Å². The average Bonchev–Trinajstić information content (AvgIpc) is 2.71. The number of hydrogen-bond donors (Lipinski definition) is 1. The Morgan fingerprint density at radius 1 is 0.781 bits per heavy atom. The molecule has 0 bridgehead atoms. The van der Waals surface area contributed by atoms with E-state index in [2.05, 4.69) is 9.47 Å². The molecule has 0 aliphatic rings. The van der Waals surface area contributed by atoms with Crippen LogP contribution in [0.2, 0.25) is 0 Å². The van der Waals surface area contributed by atoms with E-state index in [1.807, 2.05) is 0 Å². The Morgan fingerprint density at radius 2 is 1.12 bits per heavy atom. The molecule has 0 amide bonds. The van der Waals surface area contributed by atoms with Gasteiger partial charge in [0, 0.05) is 0 Å². The second-order valence-corrected chi connectivity index (χ2v) is 6.75. The van der Waals surface area contributed by atoms with E-state index in [0.717, 1.165) is 0 Å². The number of rotatable bonds is 5. The molecule has 14 heteroatoms. The van der Waals surface area contributed by atoms with Gasteiger partial charge in [-0.1, -0.05) is 12.1 Å². The standard InChI is InChI=1S/C10H10O4.C8H6O7S.2Na/c1-13-9(11)7-5-3-4-6-8(7)10(12)14-2;9-7(10)4-1-5(8(11)12)3-6(2-4)16(13,14)15;;/h3-6H,1-2H3;1-3H,(H,9,10)(H,11,12)(H,13,14,15);;/q;;2*+1/p-2. The molecule has 0 atom stereocenters. The van der Waals surface area contributed by atoms with Crippen LogP contribution in [0.25, 0.3) is 0 Å². The van der Waals surface area contributed by atoms with Crippen molar-refractivity contribution in [2.24, 2.45) is 0 Å². The number of esters is 2. The molecule has 2 rings (SSSR count). The van der Waals surface area contributed by atoms with Gasteiger partial charge >= 0.3 is 71.1 Å². The van der Waals surface area contributed by atoms with Crippen molar-refractivity contribution in [1.82, 2.24) is 0 Å². The Kier molecular flexibility index (Phi) is 14.6. The van der Waals surface area contributed by atoms with E-state index in [-0.39, 0.29) is 70.2 Å². The van der Waals surface area contributed by atoms with Crippen molar-refractivity contribution >= 4 is 34.0 Å². The van der Waals surface area contributed by atoms with Crippen molar-refractivity contribution in [2.45, 2.75) is 4.90 Å².